The smallest absolute Gasteiger partial charge is 0.326 e. The number of aliphatic imine (C=N–C) groups is 1. The van der Waals surface area contributed by atoms with Gasteiger partial charge in [0.15, 0.2) is 5.96 Å². The maximum Gasteiger partial charge on any atom is 0.326 e. The van der Waals surface area contributed by atoms with Gasteiger partial charge in [-0.25, -0.2) is 4.79 Å². The van der Waals surface area contributed by atoms with E-state index >= 15 is 0 Å². The van der Waals surface area contributed by atoms with Gasteiger partial charge in [-0.05, 0) is 48.6 Å². The number of fused-ring (bicyclic) bond motifs is 1. The minimum Gasteiger partial charge on any atom is -0.508 e. The molecule has 46 heavy (non-hydrogen) atoms. The predicted molar refractivity (Wildman–Crippen MR) is 169 cm³/mol. The zero-order valence-electron chi connectivity index (χ0n) is 24.9. The number of hydrogen-bond acceptors (Lipinski definition) is 8. The van der Waals surface area contributed by atoms with Crippen LogP contribution in [0.4, 0.5) is 0 Å². The van der Waals surface area contributed by atoms with E-state index in [9.17, 15) is 34.2 Å². The molecule has 0 aliphatic carbocycles. The van der Waals surface area contributed by atoms with E-state index in [1.165, 1.54) is 12.1 Å². The number of phenolic OH excluding ortho intramolecular Hbond substituents is 1. The molecule has 0 aliphatic heterocycles. The summed E-state index contributed by atoms with van der Waals surface area (Å²) in [5.74, 6) is -4.86. The molecule has 1 aromatic heterocycles. The first-order valence-corrected chi connectivity index (χ1v) is 14.4. The highest BCUT2D eigenvalue weighted by Gasteiger charge is 2.31. The Hall–Kier alpha value is -5.64. The number of primary amides is 1. The van der Waals surface area contributed by atoms with Gasteiger partial charge in [0, 0.05) is 30.1 Å². The number of carboxylic acids is 1. The minimum atomic E-state index is -1.64. The lowest BCUT2D eigenvalue weighted by Gasteiger charge is -2.25. The Morgan fingerprint density at radius 2 is 1.46 bits per heavy atom. The minimum absolute atomic E-state index is 0.00921. The highest BCUT2D eigenvalue weighted by molar-refractivity contribution is 5.95. The van der Waals surface area contributed by atoms with Gasteiger partial charge in [-0.2, -0.15) is 0 Å². The number of guanidine groups is 1. The fourth-order valence-corrected chi connectivity index (χ4v) is 4.71. The van der Waals surface area contributed by atoms with Gasteiger partial charge < -0.3 is 54.1 Å². The van der Waals surface area contributed by atoms with Crippen LogP contribution in [0.25, 0.3) is 10.9 Å². The molecule has 0 spiro atoms. The Bertz CT molecular complexity index is 1570. The van der Waals surface area contributed by atoms with Crippen molar-refractivity contribution in [1.82, 2.24) is 20.9 Å². The molecule has 246 valence electrons. The van der Waals surface area contributed by atoms with Gasteiger partial charge in [-0.15, -0.1) is 0 Å². The summed E-state index contributed by atoms with van der Waals surface area (Å²) in [6.45, 7) is 0.104. The molecule has 0 fully saturated rings. The summed E-state index contributed by atoms with van der Waals surface area (Å²) in [6.07, 6.45) is 1.34. The number of hydrogen-bond donors (Lipinski definition) is 10. The number of aromatic hydroxyl groups is 1. The zero-order chi connectivity index (χ0) is 33.8. The number of carboxylic acid groups (broad SMARTS) is 1. The molecule has 1 heterocycles. The van der Waals surface area contributed by atoms with Gasteiger partial charge in [0.2, 0.25) is 23.6 Å². The van der Waals surface area contributed by atoms with Crippen LogP contribution in [-0.4, -0.2) is 81.5 Å². The Kier molecular flexibility index (Phi) is 12.5. The molecule has 16 nitrogen and oxygen atoms in total. The molecule has 14 N–H and O–H groups in total. The van der Waals surface area contributed by atoms with Crippen molar-refractivity contribution >= 4 is 46.5 Å². The fraction of sp³-hybridized carbons (Fsp3) is 0.333. The van der Waals surface area contributed by atoms with Crippen LogP contribution in [0.5, 0.6) is 5.75 Å². The lowest BCUT2D eigenvalue weighted by atomic mass is 10.0. The molecular formula is C30H39N9O7. The second-order valence-electron chi connectivity index (χ2n) is 10.7. The third-order valence-electron chi connectivity index (χ3n) is 7.06. The highest BCUT2D eigenvalue weighted by atomic mass is 16.4. The summed E-state index contributed by atoms with van der Waals surface area (Å²) in [5, 5.41) is 27.3. The van der Waals surface area contributed by atoms with Crippen LogP contribution < -0.4 is 38.9 Å². The number of benzene rings is 2. The zero-order valence-corrected chi connectivity index (χ0v) is 24.9. The van der Waals surface area contributed by atoms with Gasteiger partial charge >= 0.3 is 5.97 Å². The molecule has 4 atom stereocenters. The van der Waals surface area contributed by atoms with Gasteiger partial charge in [0.05, 0.1) is 12.5 Å². The lowest BCUT2D eigenvalue weighted by Crippen LogP contribution is -2.58. The van der Waals surface area contributed by atoms with E-state index in [1.54, 1.807) is 18.3 Å². The third kappa shape index (κ3) is 10.5. The number of nitrogens with two attached hydrogens (primary N) is 4. The van der Waals surface area contributed by atoms with E-state index in [1.807, 2.05) is 24.3 Å². The Labute approximate surface area is 264 Å². The second kappa shape index (κ2) is 16.4. The van der Waals surface area contributed by atoms with E-state index < -0.39 is 60.2 Å². The van der Waals surface area contributed by atoms with Crippen LogP contribution in [0.15, 0.2) is 59.7 Å². The number of H-pyrrole nitrogens is 1. The van der Waals surface area contributed by atoms with E-state index in [4.69, 9.17) is 22.9 Å². The molecule has 0 radical (unpaired) electrons. The van der Waals surface area contributed by atoms with Crippen molar-refractivity contribution in [3.63, 3.8) is 0 Å². The van der Waals surface area contributed by atoms with Crippen LogP contribution in [0, 0.1) is 0 Å². The van der Waals surface area contributed by atoms with Crippen molar-refractivity contribution < 1.29 is 34.2 Å². The quantitative estimate of drug-likeness (QED) is 0.0462. The molecule has 3 aromatic rings. The van der Waals surface area contributed by atoms with Crippen molar-refractivity contribution in [3.05, 3.63) is 65.9 Å². The number of nitrogens with zero attached hydrogens (tertiary/aromatic N) is 1. The van der Waals surface area contributed by atoms with Crippen LogP contribution in [-0.2, 0) is 36.8 Å². The summed E-state index contributed by atoms with van der Waals surface area (Å²) >= 11 is 0. The lowest BCUT2D eigenvalue weighted by molar-refractivity contribution is -0.143. The first kappa shape index (κ1) is 34.8. The average Bonchev–Trinajstić information content (AvgIpc) is 3.41. The Morgan fingerprint density at radius 1 is 0.826 bits per heavy atom. The number of nitrogens with one attached hydrogen (secondary N) is 4. The fourth-order valence-electron chi connectivity index (χ4n) is 4.71. The number of aliphatic carboxylic acids is 1. The number of phenols is 1. The molecule has 2 aromatic carbocycles. The van der Waals surface area contributed by atoms with Gasteiger partial charge in [-0.1, -0.05) is 30.3 Å². The predicted octanol–water partition coefficient (Wildman–Crippen LogP) is -1.55. The molecule has 16 heteroatoms. The number of carbonyl (C=O) groups excluding carboxylic acids is 4. The summed E-state index contributed by atoms with van der Waals surface area (Å²) in [5.41, 5.74) is 24.2. The topological polar surface area (TPSA) is 294 Å². The van der Waals surface area contributed by atoms with Crippen LogP contribution in [0.2, 0.25) is 0 Å². The molecule has 0 bridgehead atoms. The number of carbonyl (C=O) groups is 5. The Morgan fingerprint density at radius 3 is 2.11 bits per heavy atom. The number of para-hydroxylation sites is 1. The number of rotatable bonds is 17. The van der Waals surface area contributed by atoms with Crippen LogP contribution in [0.3, 0.4) is 0 Å². The van der Waals surface area contributed by atoms with Gasteiger partial charge in [0.1, 0.15) is 23.9 Å². The number of amides is 4. The summed E-state index contributed by atoms with van der Waals surface area (Å²) in [4.78, 5) is 70.2. The first-order chi connectivity index (χ1) is 21.8. The molecular weight excluding hydrogens is 598 g/mol. The molecule has 0 saturated carbocycles. The molecule has 3 rings (SSSR count). The van der Waals surface area contributed by atoms with Crippen molar-refractivity contribution in [3.8, 4) is 5.75 Å². The van der Waals surface area contributed by atoms with Gasteiger partial charge in [0.25, 0.3) is 0 Å². The SMILES string of the molecule is NC(=O)CC(NC(=O)C(CCCN=C(N)N)NC(=O)C(Cc1c[nH]c2ccccc12)NC(=O)C(N)Cc1ccc(O)cc1)C(=O)O. The normalized spacial score (nSPS) is 13.5. The van der Waals surface area contributed by atoms with Crippen molar-refractivity contribution in [1.29, 1.82) is 0 Å². The number of aromatic nitrogens is 1. The molecule has 4 amide bonds. The maximum atomic E-state index is 13.8. The molecule has 4 unspecified atom stereocenters. The van der Waals surface area contributed by atoms with E-state index in [0.29, 0.717) is 11.1 Å². The standard InChI is InChI=1S/C30H39N9O7/c31-20(12-16-7-9-18(40)10-8-16)26(42)38-23(13-17-15-36-21-5-2-1-4-19(17)21)28(44)37-22(6-3-11-35-30(33)34)27(43)39-24(29(45)46)14-25(32)41/h1-2,4-5,7-10,15,20,22-24,36,40H,3,6,11-14,31H2,(H2,32,41)(H,37,44)(H,38,42)(H,39,43)(H,45,46)(H4,33,34,35). The van der Waals surface area contributed by atoms with Crippen LogP contribution in [0.1, 0.15) is 30.4 Å². The van der Waals surface area contributed by atoms with E-state index in [0.717, 1.165) is 10.9 Å². The van der Waals surface area contributed by atoms with E-state index in [-0.39, 0.29) is 43.9 Å². The molecule has 0 aliphatic rings. The largest absolute Gasteiger partial charge is 0.508 e. The number of aromatic amines is 1. The van der Waals surface area contributed by atoms with Gasteiger partial charge in [-0.3, -0.25) is 24.2 Å². The van der Waals surface area contributed by atoms with E-state index in [2.05, 4.69) is 25.9 Å². The van der Waals surface area contributed by atoms with Crippen LogP contribution >= 0.6 is 0 Å². The molecule has 0 saturated heterocycles. The second-order valence-corrected chi connectivity index (χ2v) is 10.7. The maximum absolute atomic E-state index is 13.8. The monoisotopic (exact) mass is 637 g/mol. The average molecular weight is 638 g/mol. The summed E-state index contributed by atoms with van der Waals surface area (Å²) in [7, 11) is 0. The van der Waals surface area contributed by atoms with Crippen molar-refractivity contribution in [2.45, 2.75) is 56.3 Å². The van der Waals surface area contributed by atoms with Crippen molar-refractivity contribution in [2.75, 3.05) is 6.54 Å². The highest BCUT2D eigenvalue weighted by Crippen LogP contribution is 2.19. The summed E-state index contributed by atoms with van der Waals surface area (Å²) in [6, 6.07) is 8.30. The van der Waals surface area contributed by atoms with Crippen molar-refractivity contribution in [2.24, 2.45) is 27.9 Å². The Balaban J connectivity index is 1.85. The summed E-state index contributed by atoms with van der Waals surface area (Å²) < 4.78 is 0. The first-order valence-electron chi connectivity index (χ1n) is 14.4. The third-order valence-corrected chi connectivity index (χ3v) is 7.06.